The van der Waals surface area contributed by atoms with Crippen LogP contribution in [0.15, 0.2) is 18.3 Å². The third-order valence-electron chi connectivity index (χ3n) is 2.14. The van der Waals surface area contributed by atoms with E-state index < -0.39 is 0 Å². The molecule has 0 bridgehead atoms. The Morgan fingerprint density at radius 3 is 2.92 bits per heavy atom. The summed E-state index contributed by atoms with van der Waals surface area (Å²) in [6.07, 6.45) is 2.68. The molecule has 0 atom stereocenters. The van der Waals surface area contributed by atoms with Gasteiger partial charge in [-0.2, -0.15) is 0 Å². The van der Waals surface area contributed by atoms with Gasteiger partial charge in [0.25, 0.3) is 0 Å². The molecule has 0 fully saturated rings. The van der Waals surface area contributed by atoms with Crippen LogP contribution in [0.3, 0.4) is 0 Å². The van der Waals surface area contributed by atoms with E-state index in [1.165, 1.54) is 0 Å². The number of halogens is 1. The Hall–Kier alpha value is -1.28. The number of carbonyl (C=O) groups excluding carboxylic acids is 1. The minimum atomic E-state index is 0.646. The second-order valence-corrected chi connectivity index (χ2v) is 3.38. The minimum Gasteiger partial charge on any atom is -0.360 e. The molecule has 2 nitrogen and oxygen atoms in total. The van der Waals surface area contributed by atoms with Crippen molar-refractivity contribution in [3.8, 4) is 0 Å². The summed E-state index contributed by atoms with van der Waals surface area (Å²) in [5.41, 5.74) is 2.52. The molecule has 0 saturated heterocycles. The van der Waals surface area contributed by atoms with Crippen LogP contribution in [0.5, 0.6) is 0 Å². The number of aromatic amines is 1. The third kappa shape index (κ3) is 1.14. The Balaban J connectivity index is 2.95. The number of H-pyrrole nitrogens is 1. The Bertz CT molecular complexity index is 473. The zero-order valence-corrected chi connectivity index (χ0v) is 7.85. The average molecular weight is 194 g/mol. The molecule has 0 unspecified atom stereocenters. The van der Waals surface area contributed by atoms with Crippen LogP contribution in [0.4, 0.5) is 0 Å². The molecule has 2 rings (SSSR count). The predicted molar refractivity (Wildman–Crippen MR) is 53.4 cm³/mol. The quantitative estimate of drug-likeness (QED) is 0.694. The number of nitrogens with one attached hydrogen (secondary N) is 1. The largest absolute Gasteiger partial charge is 0.360 e. The Morgan fingerprint density at radius 1 is 1.46 bits per heavy atom. The molecule has 0 aliphatic rings. The SMILES string of the molecule is Cc1c[nH]c2c(C=O)ccc(Cl)c12. The smallest absolute Gasteiger partial charge is 0.152 e. The van der Waals surface area contributed by atoms with Crippen LogP contribution in [-0.2, 0) is 0 Å². The van der Waals surface area contributed by atoms with Crippen molar-refractivity contribution < 1.29 is 4.79 Å². The van der Waals surface area contributed by atoms with Crippen molar-refractivity contribution in [1.29, 1.82) is 0 Å². The predicted octanol–water partition coefficient (Wildman–Crippen LogP) is 2.94. The fourth-order valence-electron chi connectivity index (χ4n) is 1.49. The van der Waals surface area contributed by atoms with E-state index in [-0.39, 0.29) is 0 Å². The second kappa shape index (κ2) is 2.89. The minimum absolute atomic E-state index is 0.646. The number of hydrogen-bond donors (Lipinski definition) is 1. The summed E-state index contributed by atoms with van der Waals surface area (Å²) < 4.78 is 0. The molecule has 3 heteroatoms. The van der Waals surface area contributed by atoms with Crippen LogP contribution in [0.25, 0.3) is 10.9 Å². The maximum Gasteiger partial charge on any atom is 0.152 e. The number of benzene rings is 1. The van der Waals surface area contributed by atoms with Gasteiger partial charge >= 0.3 is 0 Å². The van der Waals surface area contributed by atoms with Gasteiger partial charge < -0.3 is 4.98 Å². The second-order valence-electron chi connectivity index (χ2n) is 2.98. The van der Waals surface area contributed by atoms with Gasteiger partial charge in [0.15, 0.2) is 6.29 Å². The molecular weight excluding hydrogens is 186 g/mol. The van der Waals surface area contributed by atoms with Gasteiger partial charge in [0.05, 0.1) is 10.5 Å². The highest BCUT2D eigenvalue weighted by Gasteiger charge is 2.07. The van der Waals surface area contributed by atoms with E-state index in [1.54, 1.807) is 12.1 Å². The molecule has 1 heterocycles. The fraction of sp³-hybridized carbons (Fsp3) is 0.100. The van der Waals surface area contributed by atoms with Gasteiger partial charge in [-0.25, -0.2) is 0 Å². The van der Waals surface area contributed by atoms with Gasteiger partial charge in [-0.3, -0.25) is 4.79 Å². The van der Waals surface area contributed by atoms with E-state index in [2.05, 4.69) is 4.98 Å². The van der Waals surface area contributed by atoms with Gasteiger partial charge in [0, 0.05) is 17.1 Å². The summed E-state index contributed by atoms with van der Waals surface area (Å²) >= 11 is 6.00. The lowest BCUT2D eigenvalue weighted by Gasteiger charge is -1.97. The van der Waals surface area contributed by atoms with Crippen LogP contribution in [0.1, 0.15) is 15.9 Å². The van der Waals surface area contributed by atoms with E-state index in [9.17, 15) is 4.79 Å². The summed E-state index contributed by atoms with van der Waals surface area (Å²) in [5, 5.41) is 1.62. The topological polar surface area (TPSA) is 32.9 Å². The maximum atomic E-state index is 10.7. The van der Waals surface area contributed by atoms with Crippen LogP contribution in [0.2, 0.25) is 5.02 Å². The number of aldehydes is 1. The highest BCUT2D eigenvalue weighted by molar-refractivity contribution is 6.36. The van der Waals surface area contributed by atoms with Crippen molar-refractivity contribution in [2.75, 3.05) is 0 Å². The molecule has 2 aromatic rings. The Kier molecular flexibility index (Phi) is 1.85. The van der Waals surface area contributed by atoms with E-state index in [0.29, 0.717) is 10.6 Å². The van der Waals surface area contributed by atoms with E-state index in [1.807, 2.05) is 13.1 Å². The molecule has 1 N–H and O–H groups in total. The molecule has 13 heavy (non-hydrogen) atoms. The van der Waals surface area contributed by atoms with Gasteiger partial charge in [-0.1, -0.05) is 11.6 Å². The van der Waals surface area contributed by atoms with E-state index >= 15 is 0 Å². The molecule has 0 saturated carbocycles. The van der Waals surface area contributed by atoms with Gasteiger partial charge in [-0.15, -0.1) is 0 Å². The Labute approximate surface area is 80.5 Å². The normalized spacial score (nSPS) is 10.6. The molecule has 0 aliphatic carbocycles. The summed E-state index contributed by atoms with van der Waals surface area (Å²) in [7, 11) is 0. The Morgan fingerprint density at radius 2 is 2.23 bits per heavy atom. The van der Waals surface area contributed by atoms with Gasteiger partial charge in [0.2, 0.25) is 0 Å². The average Bonchev–Trinajstić information content (AvgIpc) is 2.50. The van der Waals surface area contributed by atoms with Crippen molar-refractivity contribution in [1.82, 2.24) is 4.98 Å². The number of rotatable bonds is 1. The highest BCUT2D eigenvalue weighted by atomic mass is 35.5. The van der Waals surface area contributed by atoms with E-state index in [0.717, 1.165) is 22.8 Å². The maximum absolute atomic E-state index is 10.7. The summed E-state index contributed by atoms with van der Waals surface area (Å²) in [4.78, 5) is 13.7. The number of aromatic nitrogens is 1. The van der Waals surface area contributed by atoms with Crippen molar-refractivity contribution in [2.24, 2.45) is 0 Å². The standard InChI is InChI=1S/C10H8ClNO/c1-6-4-12-10-7(5-13)2-3-8(11)9(6)10/h2-5,12H,1H3. The summed E-state index contributed by atoms with van der Waals surface area (Å²) in [6.45, 7) is 1.96. The first-order valence-corrected chi connectivity index (χ1v) is 4.33. The molecule has 66 valence electrons. The number of aryl methyl sites for hydroxylation is 1. The van der Waals surface area contributed by atoms with Crippen molar-refractivity contribution >= 4 is 28.8 Å². The molecule has 0 aliphatic heterocycles. The molecule has 1 aromatic carbocycles. The first-order valence-electron chi connectivity index (χ1n) is 3.95. The van der Waals surface area contributed by atoms with Crippen LogP contribution in [0, 0.1) is 6.92 Å². The van der Waals surface area contributed by atoms with Crippen LogP contribution < -0.4 is 0 Å². The highest BCUT2D eigenvalue weighted by Crippen LogP contribution is 2.27. The van der Waals surface area contributed by atoms with Gasteiger partial charge in [-0.05, 0) is 24.6 Å². The lowest BCUT2D eigenvalue weighted by molar-refractivity contribution is 0.112. The molecular formula is C10H8ClNO. The number of carbonyl (C=O) groups is 1. The number of fused-ring (bicyclic) bond motifs is 1. The van der Waals surface area contributed by atoms with Crippen molar-refractivity contribution in [2.45, 2.75) is 6.92 Å². The lowest BCUT2D eigenvalue weighted by atomic mass is 10.1. The molecule has 1 aromatic heterocycles. The van der Waals surface area contributed by atoms with Gasteiger partial charge in [0.1, 0.15) is 0 Å². The zero-order valence-electron chi connectivity index (χ0n) is 7.10. The zero-order chi connectivity index (χ0) is 9.42. The molecule has 0 spiro atoms. The lowest BCUT2D eigenvalue weighted by Crippen LogP contribution is -1.82. The first-order chi connectivity index (χ1) is 6.24. The summed E-state index contributed by atoms with van der Waals surface area (Å²) in [5.74, 6) is 0. The molecule has 0 amide bonds. The van der Waals surface area contributed by atoms with Crippen molar-refractivity contribution in [3.05, 3.63) is 34.5 Å². The van der Waals surface area contributed by atoms with Crippen LogP contribution in [-0.4, -0.2) is 11.3 Å². The third-order valence-corrected chi connectivity index (χ3v) is 2.46. The van der Waals surface area contributed by atoms with Crippen molar-refractivity contribution in [3.63, 3.8) is 0 Å². The monoisotopic (exact) mass is 193 g/mol. The molecule has 0 radical (unpaired) electrons. The summed E-state index contributed by atoms with van der Waals surface area (Å²) in [6, 6.07) is 3.46. The fourth-order valence-corrected chi connectivity index (χ4v) is 1.79. The van der Waals surface area contributed by atoms with E-state index in [4.69, 9.17) is 11.6 Å². The van der Waals surface area contributed by atoms with Crippen LogP contribution >= 0.6 is 11.6 Å². The first kappa shape index (κ1) is 8.32. The number of hydrogen-bond acceptors (Lipinski definition) is 1.